The van der Waals surface area contributed by atoms with Gasteiger partial charge in [-0.05, 0) is 31.2 Å². The first kappa shape index (κ1) is 18.7. The molecule has 0 atom stereocenters. The summed E-state index contributed by atoms with van der Waals surface area (Å²) in [6.45, 7) is 6.45. The molecule has 0 aliphatic heterocycles. The number of carbonyl (C=O) groups is 1. The van der Waals surface area contributed by atoms with Gasteiger partial charge in [0.2, 0.25) is 10.6 Å². The molecule has 27 heavy (non-hydrogen) atoms. The second kappa shape index (κ2) is 8.09. The number of nitrogens with one attached hydrogen (secondary N) is 1. The standard InChI is InChI=1S/C18H19N5O3S/c1-4-26-13-7-5-12(6-8-13)23-10-9-14(24)15(22-23)16(25)19-18-21-20-17(27-18)11(2)3/h5-11H,4H2,1-3H3,(H,19,21,25). The van der Waals surface area contributed by atoms with Crippen LogP contribution in [0.2, 0.25) is 0 Å². The SMILES string of the molecule is CCOc1ccc(-n2ccc(=O)c(C(=O)Nc3nnc(C(C)C)s3)n2)cc1. The Kier molecular flexibility index (Phi) is 5.60. The van der Waals surface area contributed by atoms with Crippen LogP contribution in [0, 0.1) is 0 Å². The Bertz CT molecular complexity index is 995. The van der Waals surface area contributed by atoms with Crippen LogP contribution in [0.4, 0.5) is 5.13 Å². The van der Waals surface area contributed by atoms with E-state index in [9.17, 15) is 9.59 Å². The van der Waals surface area contributed by atoms with Gasteiger partial charge in [-0.1, -0.05) is 25.2 Å². The highest BCUT2D eigenvalue weighted by Gasteiger charge is 2.16. The van der Waals surface area contributed by atoms with Crippen LogP contribution in [0.15, 0.2) is 41.3 Å². The Morgan fingerprint density at radius 3 is 2.59 bits per heavy atom. The first-order valence-corrected chi connectivity index (χ1v) is 9.27. The molecule has 0 unspecified atom stereocenters. The molecule has 3 rings (SSSR count). The molecular formula is C18H19N5O3S. The third kappa shape index (κ3) is 4.37. The van der Waals surface area contributed by atoms with Gasteiger partial charge in [0.25, 0.3) is 5.91 Å². The number of rotatable bonds is 6. The maximum atomic E-state index is 12.5. The summed E-state index contributed by atoms with van der Waals surface area (Å²) in [7, 11) is 0. The topological polar surface area (TPSA) is 99.0 Å². The van der Waals surface area contributed by atoms with E-state index in [-0.39, 0.29) is 11.6 Å². The molecular weight excluding hydrogens is 366 g/mol. The Hall–Kier alpha value is -3.07. The highest BCUT2D eigenvalue weighted by atomic mass is 32.1. The van der Waals surface area contributed by atoms with Crippen molar-refractivity contribution in [1.29, 1.82) is 0 Å². The minimum absolute atomic E-state index is 0.208. The molecule has 0 aliphatic rings. The Balaban J connectivity index is 1.83. The molecule has 0 saturated heterocycles. The predicted octanol–water partition coefficient (Wildman–Crippen LogP) is 2.86. The highest BCUT2D eigenvalue weighted by molar-refractivity contribution is 7.15. The van der Waals surface area contributed by atoms with Crippen molar-refractivity contribution in [3.05, 3.63) is 57.5 Å². The number of nitrogens with zero attached hydrogens (tertiary/aromatic N) is 4. The van der Waals surface area contributed by atoms with Crippen molar-refractivity contribution >= 4 is 22.4 Å². The van der Waals surface area contributed by atoms with Crippen LogP contribution >= 0.6 is 11.3 Å². The lowest BCUT2D eigenvalue weighted by Crippen LogP contribution is -2.25. The summed E-state index contributed by atoms with van der Waals surface area (Å²) in [5.74, 6) is 0.323. The summed E-state index contributed by atoms with van der Waals surface area (Å²) >= 11 is 1.27. The van der Waals surface area contributed by atoms with E-state index in [1.54, 1.807) is 24.3 Å². The Morgan fingerprint density at radius 2 is 1.96 bits per heavy atom. The second-order valence-corrected chi connectivity index (χ2v) is 6.96. The van der Waals surface area contributed by atoms with Crippen LogP contribution in [0.3, 0.4) is 0 Å². The summed E-state index contributed by atoms with van der Waals surface area (Å²) in [6.07, 6.45) is 1.51. The molecule has 0 spiro atoms. The van der Waals surface area contributed by atoms with E-state index in [0.29, 0.717) is 17.4 Å². The largest absolute Gasteiger partial charge is 0.494 e. The van der Waals surface area contributed by atoms with E-state index in [4.69, 9.17) is 4.74 Å². The van der Waals surface area contributed by atoms with Gasteiger partial charge in [-0.25, -0.2) is 4.68 Å². The van der Waals surface area contributed by atoms with Crippen LogP contribution in [0.25, 0.3) is 5.69 Å². The molecule has 0 saturated carbocycles. The molecule has 8 nitrogen and oxygen atoms in total. The molecule has 2 heterocycles. The summed E-state index contributed by atoms with van der Waals surface area (Å²) < 4.78 is 6.87. The molecule has 9 heteroatoms. The third-order valence-corrected chi connectivity index (χ3v) is 4.73. The molecule has 0 bridgehead atoms. The summed E-state index contributed by atoms with van der Waals surface area (Å²) in [6, 6.07) is 8.49. The molecule has 2 aromatic heterocycles. The maximum absolute atomic E-state index is 12.5. The lowest BCUT2D eigenvalue weighted by molar-refractivity contribution is 0.101. The van der Waals surface area contributed by atoms with Crippen molar-refractivity contribution in [1.82, 2.24) is 20.0 Å². The first-order valence-electron chi connectivity index (χ1n) is 8.46. The van der Waals surface area contributed by atoms with Crippen molar-refractivity contribution in [2.24, 2.45) is 0 Å². The second-order valence-electron chi connectivity index (χ2n) is 5.95. The smallest absolute Gasteiger partial charge is 0.282 e. The summed E-state index contributed by atoms with van der Waals surface area (Å²) in [5.41, 5.74) is 0.0153. The van der Waals surface area contributed by atoms with Gasteiger partial charge < -0.3 is 4.74 Å². The van der Waals surface area contributed by atoms with E-state index >= 15 is 0 Å². The van der Waals surface area contributed by atoms with Crippen LogP contribution in [0.5, 0.6) is 5.75 Å². The van der Waals surface area contributed by atoms with Gasteiger partial charge in [0.1, 0.15) is 10.8 Å². The summed E-state index contributed by atoms with van der Waals surface area (Å²) in [5, 5.41) is 15.8. The number of aromatic nitrogens is 4. The van der Waals surface area contributed by atoms with Crippen molar-refractivity contribution < 1.29 is 9.53 Å². The van der Waals surface area contributed by atoms with Gasteiger partial charge in [0, 0.05) is 18.2 Å². The van der Waals surface area contributed by atoms with Gasteiger partial charge in [-0.2, -0.15) is 5.10 Å². The highest BCUT2D eigenvalue weighted by Crippen LogP contribution is 2.22. The molecule has 0 fully saturated rings. The average molecular weight is 385 g/mol. The predicted molar refractivity (Wildman–Crippen MR) is 103 cm³/mol. The zero-order valence-electron chi connectivity index (χ0n) is 15.2. The van der Waals surface area contributed by atoms with Crippen molar-refractivity contribution in [2.75, 3.05) is 11.9 Å². The number of carbonyl (C=O) groups excluding carboxylic acids is 1. The molecule has 0 aliphatic carbocycles. The molecule has 1 aromatic carbocycles. The van der Waals surface area contributed by atoms with Gasteiger partial charge >= 0.3 is 0 Å². The normalized spacial score (nSPS) is 10.8. The van der Waals surface area contributed by atoms with Gasteiger partial charge in [-0.3, -0.25) is 14.9 Å². The van der Waals surface area contributed by atoms with E-state index < -0.39 is 11.3 Å². The molecule has 1 amide bonds. The zero-order chi connectivity index (χ0) is 19.4. The van der Waals surface area contributed by atoms with E-state index in [1.807, 2.05) is 20.8 Å². The number of amides is 1. The number of benzene rings is 1. The van der Waals surface area contributed by atoms with Crippen LogP contribution in [-0.2, 0) is 0 Å². The fourth-order valence-corrected chi connectivity index (χ4v) is 2.99. The van der Waals surface area contributed by atoms with Gasteiger partial charge in [0.05, 0.1) is 12.3 Å². The van der Waals surface area contributed by atoms with E-state index in [2.05, 4.69) is 20.6 Å². The third-order valence-electron chi connectivity index (χ3n) is 3.59. The fourth-order valence-electron chi connectivity index (χ4n) is 2.25. The summed E-state index contributed by atoms with van der Waals surface area (Å²) in [4.78, 5) is 24.6. The zero-order valence-corrected chi connectivity index (χ0v) is 16.0. The van der Waals surface area contributed by atoms with Crippen LogP contribution in [-0.4, -0.2) is 32.5 Å². The van der Waals surface area contributed by atoms with Crippen LogP contribution in [0.1, 0.15) is 42.2 Å². The molecule has 1 N–H and O–H groups in total. The van der Waals surface area contributed by atoms with Crippen LogP contribution < -0.4 is 15.5 Å². The Morgan fingerprint density at radius 1 is 1.22 bits per heavy atom. The lowest BCUT2D eigenvalue weighted by Gasteiger charge is -2.08. The quantitative estimate of drug-likeness (QED) is 0.700. The monoisotopic (exact) mass is 385 g/mol. The molecule has 0 radical (unpaired) electrons. The minimum atomic E-state index is -0.619. The number of anilines is 1. The Labute approximate surface area is 159 Å². The average Bonchev–Trinajstić information content (AvgIpc) is 3.12. The number of ether oxygens (including phenoxy) is 1. The number of hydrogen-bond acceptors (Lipinski definition) is 7. The number of hydrogen-bond donors (Lipinski definition) is 1. The van der Waals surface area contributed by atoms with Gasteiger partial charge in [-0.15, -0.1) is 10.2 Å². The van der Waals surface area contributed by atoms with Crippen molar-refractivity contribution in [3.8, 4) is 11.4 Å². The fraction of sp³-hybridized carbons (Fsp3) is 0.278. The van der Waals surface area contributed by atoms with Crippen molar-refractivity contribution in [2.45, 2.75) is 26.7 Å². The maximum Gasteiger partial charge on any atom is 0.282 e. The molecule has 140 valence electrons. The van der Waals surface area contributed by atoms with E-state index in [0.717, 1.165) is 10.8 Å². The first-order chi connectivity index (χ1) is 13.0. The lowest BCUT2D eigenvalue weighted by atomic mass is 10.2. The van der Waals surface area contributed by atoms with E-state index in [1.165, 1.54) is 28.3 Å². The van der Waals surface area contributed by atoms with Gasteiger partial charge in [0.15, 0.2) is 5.69 Å². The van der Waals surface area contributed by atoms with Crippen molar-refractivity contribution in [3.63, 3.8) is 0 Å². The minimum Gasteiger partial charge on any atom is -0.494 e. The molecule has 3 aromatic rings.